The lowest BCUT2D eigenvalue weighted by Gasteiger charge is -2.24. The maximum atomic E-state index is 12.6. The number of nitrogens with one attached hydrogen (secondary N) is 1. The van der Waals surface area contributed by atoms with Gasteiger partial charge in [0.15, 0.2) is 11.5 Å². The number of nitrogens with two attached hydrogens (primary N) is 1. The van der Waals surface area contributed by atoms with Gasteiger partial charge in [-0.25, -0.2) is 0 Å². The molecule has 0 aromatic heterocycles. The van der Waals surface area contributed by atoms with E-state index in [1.807, 2.05) is 32.0 Å². The zero-order chi connectivity index (χ0) is 19.1. The lowest BCUT2D eigenvalue weighted by Crippen LogP contribution is -2.31. The quantitative estimate of drug-likeness (QED) is 0.696. The van der Waals surface area contributed by atoms with Crippen LogP contribution in [0, 0.1) is 5.92 Å². The minimum Gasteiger partial charge on any atom is -0.490 e. The van der Waals surface area contributed by atoms with E-state index in [1.165, 1.54) is 0 Å². The first-order valence-corrected chi connectivity index (χ1v) is 9.02. The Morgan fingerprint density at radius 3 is 2.19 bits per heavy atom. The van der Waals surface area contributed by atoms with E-state index in [-0.39, 0.29) is 17.9 Å². The van der Waals surface area contributed by atoms with Gasteiger partial charge in [0.1, 0.15) is 0 Å². The molecule has 5 nitrogen and oxygen atoms in total. The number of amides is 1. The maximum Gasteiger partial charge on any atom is 0.251 e. The molecule has 0 bridgehead atoms. The molecule has 2 aromatic carbocycles. The lowest BCUT2D eigenvalue weighted by atomic mass is 9.95. The first-order chi connectivity index (χ1) is 12.5. The summed E-state index contributed by atoms with van der Waals surface area (Å²) in [5.41, 5.74) is 7.89. The molecule has 0 aliphatic rings. The number of ether oxygens (including phenoxy) is 2. The summed E-state index contributed by atoms with van der Waals surface area (Å²) in [6.45, 7) is 9.14. The Labute approximate surface area is 155 Å². The number of carbonyl (C=O) groups excluding carboxylic acids is 1. The topological polar surface area (TPSA) is 73.6 Å². The first-order valence-electron chi connectivity index (χ1n) is 9.02. The summed E-state index contributed by atoms with van der Waals surface area (Å²) in [6.07, 6.45) is 0. The van der Waals surface area contributed by atoms with Crippen molar-refractivity contribution in [1.29, 1.82) is 0 Å². The van der Waals surface area contributed by atoms with Crippen LogP contribution in [0.5, 0.6) is 11.5 Å². The van der Waals surface area contributed by atoms with E-state index in [1.54, 1.807) is 24.3 Å². The fourth-order valence-corrected chi connectivity index (χ4v) is 2.76. The van der Waals surface area contributed by atoms with E-state index in [0.29, 0.717) is 36.0 Å². The van der Waals surface area contributed by atoms with Crippen molar-refractivity contribution < 1.29 is 14.3 Å². The van der Waals surface area contributed by atoms with Crippen LogP contribution >= 0.6 is 0 Å². The Hall–Kier alpha value is -2.69. The number of benzene rings is 2. The number of rotatable bonds is 8. The Morgan fingerprint density at radius 2 is 1.62 bits per heavy atom. The molecular weight excluding hydrogens is 328 g/mol. The average molecular weight is 356 g/mol. The van der Waals surface area contributed by atoms with Crippen LogP contribution in [-0.2, 0) is 0 Å². The maximum absolute atomic E-state index is 12.6. The van der Waals surface area contributed by atoms with E-state index < -0.39 is 0 Å². The summed E-state index contributed by atoms with van der Waals surface area (Å²) in [4.78, 5) is 12.6. The molecule has 0 radical (unpaired) electrons. The molecule has 140 valence electrons. The number of carbonyl (C=O) groups is 1. The van der Waals surface area contributed by atoms with Crippen LogP contribution in [0.2, 0.25) is 0 Å². The van der Waals surface area contributed by atoms with Crippen LogP contribution in [0.3, 0.4) is 0 Å². The van der Waals surface area contributed by atoms with Crippen molar-refractivity contribution in [3.63, 3.8) is 0 Å². The minimum atomic E-state index is -0.144. The van der Waals surface area contributed by atoms with Crippen molar-refractivity contribution in [3.8, 4) is 11.5 Å². The zero-order valence-electron chi connectivity index (χ0n) is 15.9. The highest BCUT2D eigenvalue weighted by atomic mass is 16.5. The molecule has 0 aliphatic heterocycles. The molecule has 1 amide bonds. The van der Waals surface area contributed by atoms with Crippen LogP contribution in [-0.4, -0.2) is 19.1 Å². The Morgan fingerprint density at radius 1 is 1.00 bits per heavy atom. The van der Waals surface area contributed by atoms with Crippen molar-refractivity contribution >= 4 is 11.6 Å². The smallest absolute Gasteiger partial charge is 0.251 e. The SMILES string of the molecule is CCOc1ccc(C(NC(=O)c2ccc(N)cc2)C(C)C)cc1OCC. The summed E-state index contributed by atoms with van der Waals surface area (Å²) in [5.74, 6) is 1.49. The second-order valence-electron chi connectivity index (χ2n) is 6.39. The summed E-state index contributed by atoms with van der Waals surface area (Å²) in [5, 5.41) is 3.11. The van der Waals surface area contributed by atoms with Crippen LogP contribution in [0.25, 0.3) is 0 Å². The normalized spacial score (nSPS) is 11.9. The van der Waals surface area contributed by atoms with E-state index in [9.17, 15) is 4.79 Å². The van der Waals surface area contributed by atoms with Gasteiger partial charge in [0.2, 0.25) is 0 Å². The Bertz CT molecular complexity index is 727. The highest BCUT2D eigenvalue weighted by Crippen LogP contribution is 2.33. The highest BCUT2D eigenvalue weighted by Gasteiger charge is 2.21. The Balaban J connectivity index is 2.27. The van der Waals surface area contributed by atoms with E-state index in [4.69, 9.17) is 15.2 Å². The molecule has 0 fully saturated rings. The minimum absolute atomic E-state index is 0.129. The molecule has 0 aliphatic carbocycles. The Kier molecular flexibility index (Phi) is 6.89. The fourth-order valence-electron chi connectivity index (χ4n) is 2.76. The number of hydrogen-bond donors (Lipinski definition) is 2. The van der Waals surface area contributed by atoms with Gasteiger partial charge in [0.25, 0.3) is 5.91 Å². The van der Waals surface area contributed by atoms with Gasteiger partial charge in [-0.15, -0.1) is 0 Å². The van der Waals surface area contributed by atoms with Gasteiger partial charge in [0.05, 0.1) is 19.3 Å². The van der Waals surface area contributed by atoms with Crippen LogP contribution < -0.4 is 20.5 Å². The third-order valence-electron chi connectivity index (χ3n) is 4.05. The van der Waals surface area contributed by atoms with Gasteiger partial charge in [-0.05, 0) is 61.7 Å². The molecule has 26 heavy (non-hydrogen) atoms. The second-order valence-corrected chi connectivity index (χ2v) is 6.39. The fraction of sp³-hybridized carbons (Fsp3) is 0.381. The van der Waals surface area contributed by atoms with Crippen LogP contribution in [0.15, 0.2) is 42.5 Å². The predicted molar refractivity (Wildman–Crippen MR) is 105 cm³/mol. The van der Waals surface area contributed by atoms with Crippen LogP contribution in [0.1, 0.15) is 49.7 Å². The van der Waals surface area contributed by atoms with Crippen molar-refractivity contribution in [2.24, 2.45) is 5.92 Å². The third kappa shape index (κ3) is 4.91. The largest absolute Gasteiger partial charge is 0.490 e. The van der Waals surface area contributed by atoms with Gasteiger partial charge in [-0.1, -0.05) is 19.9 Å². The van der Waals surface area contributed by atoms with Gasteiger partial charge in [0, 0.05) is 11.3 Å². The standard InChI is InChI=1S/C21H28N2O3/c1-5-25-18-12-9-16(13-19(18)26-6-2)20(14(3)4)23-21(24)15-7-10-17(22)11-8-15/h7-14,20H,5-6,22H2,1-4H3,(H,23,24). The lowest BCUT2D eigenvalue weighted by molar-refractivity contribution is 0.0925. The molecule has 1 unspecified atom stereocenters. The third-order valence-corrected chi connectivity index (χ3v) is 4.05. The molecular formula is C21H28N2O3. The molecule has 0 saturated heterocycles. The zero-order valence-corrected chi connectivity index (χ0v) is 15.9. The summed E-state index contributed by atoms with van der Waals surface area (Å²) in [7, 11) is 0. The van der Waals surface area contributed by atoms with E-state index in [2.05, 4.69) is 19.2 Å². The molecule has 0 heterocycles. The summed E-state index contributed by atoms with van der Waals surface area (Å²) >= 11 is 0. The van der Waals surface area contributed by atoms with Gasteiger partial charge in [-0.2, -0.15) is 0 Å². The number of anilines is 1. The van der Waals surface area contributed by atoms with Gasteiger partial charge >= 0.3 is 0 Å². The molecule has 0 saturated carbocycles. The first kappa shape index (κ1) is 19.6. The summed E-state index contributed by atoms with van der Waals surface area (Å²) in [6, 6.07) is 12.6. The predicted octanol–water partition coefficient (Wildman–Crippen LogP) is 4.19. The van der Waals surface area contributed by atoms with Crippen molar-refractivity contribution in [3.05, 3.63) is 53.6 Å². The molecule has 2 aromatic rings. The molecule has 2 rings (SSSR count). The van der Waals surface area contributed by atoms with E-state index in [0.717, 1.165) is 5.56 Å². The molecule has 0 spiro atoms. The second kappa shape index (κ2) is 9.13. The number of nitrogen functional groups attached to an aromatic ring is 1. The van der Waals surface area contributed by atoms with Crippen molar-refractivity contribution in [1.82, 2.24) is 5.32 Å². The van der Waals surface area contributed by atoms with Gasteiger partial charge < -0.3 is 20.5 Å². The molecule has 1 atom stereocenters. The summed E-state index contributed by atoms with van der Waals surface area (Å²) < 4.78 is 11.3. The van der Waals surface area contributed by atoms with Crippen molar-refractivity contribution in [2.75, 3.05) is 18.9 Å². The van der Waals surface area contributed by atoms with E-state index >= 15 is 0 Å². The highest BCUT2D eigenvalue weighted by molar-refractivity contribution is 5.94. The number of hydrogen-bond acceptors (Lipinski definition) is 4. The average Bonchev–Trinajstić information content (AvgIpc) is 2.62. The molecule has 5 heteroatoms. The monoisotopic (exact) mass is 356 g/mol. The van der Waals surface area contributed by atoms with Crippen molar-refractivity contribution in [2.45, 2.75) is 33.7 Å². The molecule has 3 N–H and O–H groups in total. The van der Waals surface area contributed by atoms with Crippen LogP contribution in [0.4, 0.5) is 5.69 Å². The van der Waals surface area contributed by atoms with Gasteiger partial charge in [-0.3, -0.25) is 4.79 Å².